The van der Waals surface area contributed by atoms with Crippen LogP contribution in [0.5, 0.6) is 0 Å². The second-order valence-electron chi connectivity index (χ2n) is 2.03. The highest BCUT2D eigenvalue weighted by Crippen LogP contribution is 2.21. The number of aromatic amines is 1. The minimum absolute atomic E-state index is 0.269. The molecule has 2 rings (SSSR count). The number of hydrogen-bond donors (Lipinski definition) is 1. The second kappa shape index (κ2) is 1.56. The minimum Gasteiger partial charge on any atom is -0.606 e. The maximum Gasteiger partial charge on any atom is 0.321 e. The largest absolute Gasteiger partial charge is 0.606 e. The van der Waals surface area contributed by atoms with Crippen molar-refractivity contribution in [3.8, 4) is 0 Å². The zero-order chi connectivity index (χ0) is 7.30. The van der Waals surface area contributed by atoms with E-state index in [1.807, 2.05) is 0 Å². The molecule has 10 heavy (non-hydrogen) atoms. The fourth-order valence-corrected chi connectivity index (χ4v) is 1.97. The van der Waals surface area contributed by atoms with E-state index in [1.54, 1.807) is 7.05 Å². The van der Waals surface area contributed by atoms with Crippen molar-refractivity contribution in [1.29, 1.82) is 0 Å². The van der Waals surface area contributed by atoms with Gasteiger partial charge in [-0.3, -0.25) is 14.3 Å². The molecular weight excluding hydrogens is 153 g/mol. The number of hydrogen-bond acceptors (Lipinski definition) is 3. The third-order valence-electron chi connectivity index (χ3n) is 1.43. The summed E-state index contributed by atoms with van der Waals surface area (Å²) in [4.78, 5) is 24.1. The highest BCUT2D eigenvalue weighted by Gasteiger charge is 2.18. The standard InChI is InChI=1S/C4H4N3O2P/c1-7-3-2(8)5-4(7)6-10(3)9/h1H3,(H,5,6,8). The maximum absolute atomic E-state index is 10.9. The maximum atomic E-state index is 10.9. The Balaban J connectivity index is 3.13. The Morgan fingerprint density at radius 1 is 1.80 bits per heavy atom. The van der Waals surface area contributed by atoms with Crippen molar-refractivity contribution < 1.29 is 4.89 Å². The summed E-state index contributed by atoms with van der Waals surface area (Å²) in [6, 6.07) is 0. The number of aromatic nitrogens is 3. The van der Waals surface area contributed by atoms with Crippen LogP contribution in [0, 0.1) is 0 Å². The summed E-state index contributed by atoms with van der Waals surface area (Å²) in [6.45, 7) is 0. The van der Waals surface area contributed by atoms with Crippen molar-refractivity contribution in [2.75, 3.05) is 0 Å². The van der Waals surface area contributed by atoms with Crippen molar-refractivity contribution in [2.24, 2.45) is 7.05 Å². The lowest BCUT2D eigenvalue weighted by atomic mass is 10.9. The van der Waals surface area contributed by atoms with E-state index in [0.29, 0.717) is 5.78 Å². The number of imidazole rings is 1. The first-order valence-corrected chi connectivity index (χ1v) is 3.89. The van der Waals surface area contributed by atoms with Gasteiger partial charge in [0, 0.05) is 7.05 Å². The van der Waals surface area contributed by atoms with E-state index in [2.05, 4.69) is 9.73 Å². The zero-order valence-corrected chi connectivity index (χ0v) is 6.05. The number of rotatable bonds is 0. The van der Waals surface area contributed by atoms with E-state index in [-0.39, 0.29) is 10.8 Å². The van der Waals surface area contributed by atoms with E-state index < -0.39 is 7.92 Å². The fraction of sp³-hybridized carbons (Fsp3) is 0.250. The fourth-order valence-electron chi connectivity index (χ4n) is 0.935. The van der Waals surface area contributed by atoms with Gasteiger partial charge in [-0.25, -0.2) is 0 Å². The Morgan fingerprint density at radius 3 is 2.80 bits per heavy atom. The van der Waals surface area contributed by atoms with E-state index in [9.17, 15) is 9.69 Å². The molecular formula is C4H4N3O2P. The molecule has 0 aromatic carbocycles. The molecule has 0 amide bonds. The molecule has 0 spiro atoms. The van der Waals surface area contributed by atoms with Gasteiger partial charge >= 0.3 is 10.8 Å². The SMILES string of the molecule is Cn1c2n[p+]([O-])c1c(=O)[nH]2. The van der Waals surface area contributed by atoms with Gasteiger partial charge in [0.05, 0.1) is 0 Å². The molecule has 0 saturated carbocycles. The summed E-state index contributed by atoms with van der Waals surface area (Å²) in [6.07, 6.45) is 0. The summed E-state index contributed by atoms with van der Waals surface area (Å²) >= 11 is 0. The Bertz CT molecular complexity index is 417. The van der Waals surface area contributed by atoms with Crippen LogP contribution in [0.4, 0.5) is 0 Å². The van der Waals surface area contributed by atoms with Crippen LogP contribution in [0.1, 0.15) is 0 Å². The first-order valence-electron chi connectivity index (χ1n) is 2.68. The average Bonchev–Trinajstić information content (AvgIpc) is 2.20. The smallest absolute Gasteiger partial charge is 0.321 e. The molecule has 0 fully saturated rings. The van der Waals surface area contributed by atoms with E-state index in [0.717, 1.165) is 0 Å². The van der Waals surface area contributed by atoms with Crippen molar-refractivity contribution in [3.05, 3.63) is 10.4 Å². The van der Waals surface area contributed by atoms with Crippen LogP contribution in [0.15, 0.2) is 4.79 Å². The summed E-state index contributed by atoms with van der Waals surface area (Å²) in [5.41, 5.74) is -0.284. The first kappa shape index (κ1) is 5.82. The quantitative estimate of drug-likeness (QED) is 0.538. The molecule has 2 aromatic rings. The van der Waals surface area contributed by atoms with Crippen LogP contribution in [-0.4, -0.2) is 14.3 Å². The monoisotopic (exact) mass is 157 g/mol. The van der Waals surface area contributed by atoms with Gasteiger partial charge in [0.1, 0.15) is 0 Å². The lowest BCUT2D eigenvalue weighted by Gasteiger charge is -1.77. The number of fused-ring (bicyclic) bond motifs is 2. The van der Waals surface area contributed by atoms with Gasteiger partial charge in [-0.1, -0.05) is 0 Å². The van der Waals surface area contributed by atoms with E-state index in [1.165, 1.54) is 4.57 Å². The van der Waals surface area contributed by atoms with Crippen molar-refractivity contribution in [3.63, 3.8) is 0 Å². The van der Waals surface area contributed by atoms with Crippen LogP contribution in [0.3, 0.4) is 0 Å². The predicted octanol–water partition coefficient (Wildman–Crippen LogP) is -0.910. The van der Waals surface area contributed by atoms with Crippen molar-refractivity contribution >= 4 is 18.9 Å². The van der Waals surface area contributed by atoms with Gasteiger partial charge in [0.15, 0.2) is 0 Å². The van der Waals surface area contributed by atoms with Crippen LogP contribution in [-0.2, 0) is 7.05 Å². The Morgan fingerprint density at radius 2 is 2.50 bits per heavy atom. The molecule has 1 unspecified atom stereocenters. The average molecular weight is 157 g/mol. The molecule has 2 bridgehead atoms. The predicted molar refractivity (Wildman–Crippen MR) is 35.0 cm³/mol. The molecule has 6 heteroatoms. The first-order chi connectivity index (χ1) is 4.70. The van der Waals surface area contributed by atoms with Crippen molar-refractivity contribution in [2.45, 2.75) is 0 Å². The third-order valence-corrected chi connectivity index (χ3v) is 2.67. The van der Waals surface area contributed by atoms with Crippen LogP contribution < -0.4 is 10.5 Å². The lowest BCUT2D eigenvalue weighted by molar-refractivity contribution is -0.151. The van der Waals surface area contributed by atoms with Crippen LogP contribution in [0.2, 0.25) is 0 Å². The molecule has 1 N–H and O–H groups in total. The molecule has 0 radical (unpaired) electrons. The third kappa shape index (κ3) is 0.489. The molecule has 0 aliphatic heterocycles. The number of nitrogens with one attached hydrogen (secondary N) is 1. The van der Waals surface area contributed by atoms with Gasteiger partial charge in [-0.2, -0.15) is 0 Å². The molecule has 0 saturated heterocycles. The Kier molecular flexibility index (Phi) is 0.910. The van der Waals surface area contributed by atoms with Gasteiger partial charge in [-0.15, -0.1) is 0 Å². The van der Waals surface area contributed by atoms with Gasteiger partial charge in [0.2, 0.25) is 7.92 Å². The van der Waals surface area contributed by atoms with Gasteiger partial charge in [-0.05, 0) is 4.75 Å². The number of H-pyrrole nitrogens is 1. The highest BCUT2D eigenvalue weighted by molar-refractivity contribution is 7.43. The van der Waals surface area contributed by atoms with Crippen molar-refractivity contribution in [1.82, 2.24) is 14.3 Å². The molecule has 2 heterocycles. The summed E-state index contributed by atoms with van der Waals surface area (Å²) in [7, 11) is -0.130. The molecule has 52 valence electrons. The summed E-state index contributed by atoms with van der Waals surface area (Å²) in [5, 5.41) is 0.269. The van der Waals surface area contributed by atoms with E-state index >= 15 is 0 Å². The molecule has 0 aliphatic carbocycles. The summed E-state index contributed by atoms with van der Waals surface area (Å²) in [5.74, 6) is 0.404. The molecule has 0 aliphatic rings. The Labute approximate surface area is 56.5 Å². The van der Waals surface area contributed by atoms with Gasteiger partial charge < -0.3 is 4.89 Å². The number of aryl methyl sites for hydroxylation is 1. The van der Waals surface area contributed by atoms with Crippen LogP contribution >= 0.6 is 7.92 Å². The van der Waals surface area contributed by atoms with Crippen LogP contribution in [0.25, 0.3) is 11.0 Å². The highest BCUT2D eigenvalue weighted by atomic mass is 31.1. The zero-order valence-electron chi connectivity index (χ0n) is 5.16. The minimum atomic E-state index is -1.79. The normalized spacial score (nSPS) is 13.2. The lowest BCUT2D eigenvalue weighted by Crippen LogP contribution is -2.02. The molecule has 5 nitrogen and oxygen atoms in total. The Hall–Kier alpha value is -0.930. The molecule has 1 atom stereocenters. The molecule has 2 aromatic heterocycles. The topological polar surface area (TPSA) is 73.7 Å². The van der Waals surface area contributed by atoms with E-state index in [4.69, 9.17) is 0 Å². The summed E-state index contributed by atoms with van der Waals surface area (Å²) < 4.78 is 5.19. The number of nitrogens with zero attached hydrogens (tertiary/aromatic N) is 2. The second-order valence-corrected chi connectivity index (χ2v) is 3.20. The van der Waals surface area contributed by atoms with Gasteiger partial charge in [0.25, 0.3) is 5.78 Å².